The highest BCUT2D eigenvalue weighted by atomic mass is 32.1. The van der Waals surface area contributed by atoms with Gasteiger partial charge >= 0.3 is 5.97 Å². The maximum Gasteiger partial charge on any atom is 0.326 e. The van der Waals surface area contributed by atoms with Crippen molar-refractivity contribution in [3.63, 3.8) is 0 Å². The first-order valence-electron chi connectivity index (χ1n) is 5.27. The molecule has 1 aromatic heterocycles. The van der Waals surface area contributed by atoms with Gasteiger partial charge in [0.15, 0.2) is 0 Å². The summed E-state index contributed by atoms with van der Waals surface area (Å²) in [5.74, 6) is -1.38. The van der Waals surface area contributed by atoms with Crippen LogP contribution in [0.25, 0.3) is 0 Å². The van der Waals surface area contributed by atoms with E-state index in [0.717, 1.165) is 4.88 Å². The highest BCUT2D eigenvalue weighted by Gasteiger charge is 2.39. The standard InChI is InChI=1S/C11H13NO4S/c1-6-2-3-9(17-6)10(14)12-5-7(13)4-8(12)11(15)16/h2-3,7-8,13H,4-5H2,1H3,(H,15,16). The van der Waals surface area contributed by atoms with Gasteiger partial charge in [-0.1, -0.05) is 0 Å². The number of carbonyl (C=O) groups excluding carboxylic acids is 1. The highest BCUT2D eigenvalue weighted by Crippen LogP contribution is 2.24. The Hall–Kier alpha value is -1.40. The van der Waals surface area contributed by atoms with Crippen molar-refractivity contribution in [1.29, 1.82) is 0 Å². The van der Waals surface area contributed by atoms with Gasteiger partial charge in [0.25, 0.3) is 5.91 Å². The van der Waals surface area contributed by atoms with Crippen molar-refractivity contribution in [3.05, 3.63) is 21.9 Å². The predicted octanol–water partition coefficient (Wildman–Crippen LogP) is 0.717. The van der Waals surface area contributed by atoms with Crippen molar-refractivity contribution in [2.75, 3.05) is 6.54 Å². The number of hydrogen-bond donors (Lipinski definition) is 2. The monoisotopic (exact) mass is 255 g/mol. The Bertz CT molecular complexity index is 456. The van der Waals surface area contributed by atoms with Crippen molar-refractivity contribution < 1.29 is 19.8 Å². The van der Waals surface area contributed by atoms with Crippen LogP contribution in [-0.2, 0) is 4.79 Å². The molecule has 1 aromatic rings. The molecule has 2 rings (SSSR count). The molecular weight excluding hydrogens is 242 g/mol. The predicted molar refractivity (Wildman–Crippen MR) is 62.1 cm³/mol. The maximum atomic E-state index is 12.1. The van der Waals surface area contributed by atoms with E-state index in [-0.39, 0.29) is 18.9 Å². The number of aryl methyl sites for hydroxylation is 1. The molecule has 1 saturated heterocycles. The fraction of sp³-hybridized carbons (Fsp3) is 0.455. The zero-order chi connectivity index (χ0) is 12.6. The van der Waals surface area contributed by atoms with Gasteiger partial charge in [0.1, 0.15) is 6.04 Å². The van der Waals surface area contributed by atoms with Crippen molar-refractivity contribution in [2.45, 2.75) is 25.5 Å². The zero-order valence-corrected chi connectivity index (χ0v) is 10.1. The smallest absolute Gasteiger partial charge is 0.326 e. The van der Waals surface area contributed by atoms with E-state index < -0.39 is 18.1 Å². The molecule has 2 heterocycles. The van der Waals surface area contributed by atoms with E-state index in [0.29, 0.717) is 4.88 Å². The van der Waals surface area contributed by atoms with Gasteiger partial charge in [0.2, 0.25) is 0 Å². The minimum atomic E-state index is -1.07. The lowest BCUT2D eigenvalue weighted by molar-refractivity contribution is -0.141. The Morgan fingerprint density at radius 3 is 2.71 bits per heavy atom. The van der Waals surface area contributed by atoms with Gasteiger partial charge in [0, 0.05) is 17.8 Å². The van der Waals surface area contributed by atoms with Crippen LogP contribution in [0.4, 0.5) is 0 Å². The molecule has 1 aliphatic heterocycles. The Labute approximate surface area is 102 Å². The van der Waals surface area contributed by atoms with Gasteiger partial charge in [-0.05, 0) is 19.1 Å². The van der Waals surface area contributed by atoms with E-state index in [2.05, 4.69) is 0 Å². The van der Waals surface area contributed by atoms with Gasteiger partial charge in [-0.25, -0.2) is 4.79 Å². The average molecular weight is 255 g/mol. The van der Waals surface area contributed by atoms with Crippen LogP contribution < -0.4 is 0 Å². The number of carboxylic acid groups (broad SMARTS) is 1. The number of aliphatic carboxylic acids is 1. The summed E-state index contributed by atoms with van der Waals surface area (Å²) in [6.07, 6.45) is -0.646. The third-order valence-corrected chi connectivity index (χ3v) is 3.76. The topological polar surface area (TPSA) is 77.8 Å². The van der Waals surface area contributed by atoms with E-state index in [9.17, 15) is 14.7 Å². The summed E-state index contributed by atoms with van der Waals surface area (Å²) in [4.78, 5) is 25.8. The fourth-order valence-electron chi connectivity index (χ4n) is 1.96. The molecule has 1 aliphatic rings. The second-order valence-electron chi connectivity index (χ2n) is 4.11. The van der Waals surface area contributed by atoms with Gasteiger partial charge in [-0.2, -0.15) is 0 Å². The number of hydrogen-bond acceptors (Lipinski definition) is 4. The first kappa shape index (κ1) is 12.1. The Kier molecular flexibility index (Phi) is 3.17. The van der Waals surface area contributed by atoms with Crippen LogP contribution in [0.3, 0.4) is 0 Å². The van der Waals surface area contributed by atoms with E-state index in [1.54, 1.807) is 6.07 Å². The van der Waals surface area contributed by atoms with Crippen LogP contribution in [0.1, 0.15) is 21.0 Å². The van der Waals surface area contributed by atoms with Crippen LogP contribution in [0.5, 0.6) is 0 Å². The normalized spacial score (nSPS) is 24.0. The summed E-state index contributed by atoms with van der Waals surface area (Å²) < 4.78 is 0. The van der Waals surface area contributed by atoms with E-state index in [1.807, 2.05) is 13.0 Å². The fourth-order valence-corrected chi connectivity index (χ4v) is 2.79. The van der Waals surface area contributed by atoms with Crippen LogP contribution in [-0.4, -0.2) is 45.7 Å². The molecule has 0 spiro atoms. The summed E-state index contributed by atoms with van der Waals surface area (Å²) in [6, 6.07) is 2.59. The molecule has 0 saturated carbocycles. The minimum Gasteiger partial charge on any atom is -0.480 e. The van der Waals surface area contributed by atoms with E-state index in [1.165, 1.54) is 16.2 Å². The first-order chi connectivity index (χ1) is 7.99. The number of β-amino-alcohol motifs (C(OH)–C–C–N with tert-alkyl or cyclic N) is 1. The Morgan fingerprint density at radius 1 is 1.47 bits per heavy atom. The number of aliphatic hydroxyl groups excluding tert-OH is 1. The van der Waals surface area contributed by atoms with Crippen LogP contribution in [0.15, 0.2) is 12.1 Å². The molecule has 2 N–H and O–H groups in total. The Morgan fingerprint density at radius 2 is 2.18 bits per heavy atom. The van der Waals surface area contributed by atoms with Crippen LogP contribution in [0.2, 0.25) is 0 Å². The molecule has 5 nitrogen and oxygen atoms in total. The number of thiophene rings is 1. The quantitative estimate of drug-likeness (QED) is 0.816. The molecule has 2 unspecified atom stereocenters. The van der Waals surface area contributed by atoms with Gasteiger partial charge in [0.05, 0.1) is 11.0 Å². The molecule has 1 amide bonds. The highest BCUT2D eigenvalue weighted by molar-refractivity contribution is 7.13. The number of aliphatic hydroxyl groups is 1. The van der Waals surface area contributed by atoms with Crippen LogP contribution in [0, 0.1) is 6.92 Å². The summed E-state index contributed by atoms with van der Waals surface area (Å²) in [6.45, 7) is 1.97. The van der Waals surface area contributed by atoms with E-state index in [4.69, 9.17) is 5.11 Å². The number of nitrogens with zero attached hydrogens (tertiary/aromatic N) is 1. The zero-order valence-electron chi connectivity index (χ0n) is 9.29. The summed E-state index contributed by atoms with van der Waals surface area (Å²) in [7, 11) is 0. The molecule has 0 aromatic carbocycles. The van der Waals surface area contributed by atoms with Crippen LogP contribution >= 0.6 is 11.3 Å². The van der Waals surface area contributed by atoms with Crippen molar-refractivity contribution in [3.8, 4) is 0 Å². The molecule has 2 atom stereocenters. The number of carbonyl (C=O) groups is 2. The number of carboxylic acids is 1. The molecular formula is C11H13NO4S. The lowest BCUT2D eigenvalue weighted by Crippen LogP contribution is -2.40. The lowest BCUT2D eigenvalue weighted by atomic mass is 10.2. The summed E-state index contributed by atoms with van der Waals surface area (Å²) >= 11 is 1.33. The van der Waals surface area contributed by atoms with Crippen molar-refractivity contribution in [2.24, 2.45) is 0 Å². The average Bonchev–Trinajstić information content (AvgIpc) is 2.83. The molecule has 92 valence electrons. The van der Waals surface area contributed by atoms with Crippen molar-refractivity contribution in [1.82, 2.24) is 4.90 Å². The van der Waals surface area contributed by atoms with Crippen molar-refractivity contribution >= 4 is 23.2 Å². The minimum absolute atomic E-state index is 0.0900. The van der Waals surface area contributed by atoms with Gasteiger partial charge < -0.3 is 15.1 Å². The van der Waals surface area contributed by atoms with Gasteiger partial charge in [-0.3, -0.25) is 4.79 Å². The number of rotatable bonds is 2. The molecule has 17 heavy (non-hydrogen) atoms. The third kappa shape index (κ3) is 2.32. The third-order valence-electron chi connectivity index (χ3n) is 2.78. The molecule has 0 bridgehead atoms. The molecule has 1 fully saturated rings. The number of likely N-dealkylation sites (tertiary alicyclic amines) is 1. The molecule has 0 aliphatic carbocycles. The first-order valence-corrected chi connectivity index (χ1v) is 6.09. The maximum absolute atomic E-state index is 12.1. The SMILES string of the molecule is Cc1ccc(C(=O)N2CC(O)CC2C(=O)O)s1. The number of amides is 1. The van der Waals surface area contributed by atoms with E-state index >= 15 is 0 Å². The summed E-state index contributed by atoms with van der Waals surface area (Å²) in [5, 5.41) is 18.5. The second-order valence-corrected chi connectivity index (χ2v) is 5.40. The second kappa shape index (κ2) is 4.46. The van der Waals surface area contributed by atoms with Gasteiger partial charge in [-0.15, -0.1) is 11.3 Å². The lowest BCUT2D eigenvalue weighted by Gasteiger charge is -2.20. The molecule has 6 heteroatoms. The summed E-state index contributed by atoms with van der Waals surface area (Å²) in [5.41, 5.74) is 0. The molecule has 0 radical (unpaired) electrons. The largest absolute Gasteiger partial charge is 0.480 e. The Balaban J connectivity index is 2.21.